The van der Waals surface area contributed by atoms with Crippen LogP contribution in [0.4, 0.5) is 20.2 Å². The van der Waals surface area contributed by atoms with Gasteiger partial charge in [-0.3, -0.25) is 10.1 Å². The fourth-order valence-corrected chi connectivity index (χ4v) is 4.99. The van der Waals surface area contributed by atoms with Gasteiger partial charge in [0, 0.05) is 31.0 Å². The predicted molar refractivity (Wildman–Crippen MR) is 144 cm³/mol. The zero-order valence-corrected chi connectivity index (χ0v) is 21.9. The second-order valence-electron chi connectivity index (χ2n) is 8.52. The SMILES string of the molecule is CN(C)c1ccc(Oc2c(Cl)cc(NC(=S)NC(=O)c3c(F)cccc3F)cc2Cl)c2c1CCCC2. The Labute approximate surface area is 223 Å². The number of fused-ring (bicyclic) bond motifs is 1. The molecule has 0 fully saturated rings. The number of nitrogens with zero attached hydrogens (tertiary/aromatic N) is 1. The first-order chi connectivity index (χ1) is 17.2. The molecule has 0 aromatic heterocycles. The Morgan fingerprint density at radius 1 is 1.00 bits per heavy atom. The maximum atomic E-state index is 13.9. The van der Waals surface area contributed by atoms with E-state index in [-0.39, 0.29) is 20.9 Å². The van der Waals surface area contributed by atoms with Crippen LogP contribution >= 0.6 is 35.4 Å². The van der Waals surface area contributed by atoms with Gasteiger partial charge in [0.2, 0.25) is 0 Å². The third kappa shape index (κ3) is 5.56. The number of carbonyl (C=O) groups is 1. The van der Waals surface area contributed by atoms with E-state index in [1.54, 1.807) is 0 Å². The van der Waals surface area contributed by atoms with E-state index in [4.69, 9.17) is 40.2 Å². The monoisotopic (exact) mass is 549 g/mol. The zero-order chi connectivity index (χ0) is 26.0. The average molecular weight is 550 g/mol. The molecule has 0 radical (unpaired) electrons. The average Bonchev–Trinajstić information content (AvgIpc) is 2.81. The molecule has 0 heterocycles. The summed E-state index contributed by atoms with van der Waals surface area (Å²) in [5.74, 6) is -2.02. The minimum atomic E-state index is -1.02. The van der Waals surface area contributed by atoms with E-state index in [0.29, 0.717) is 11.4 Å². The van der Waals surface area contributed by atoms with Crippen LogP contribution < -0.4 is 20.3 Å². The molecule has 0 bridgehead atoms. The summed E-state index contributed by atoms with van der Waals surface area (Å²) in [6.07, 6.45) is 4.08. The van der Waals surface area contributed by atoms with Crippen molar-refractivity contribution in [2.45, 2.75) is 25.7 Å². The Balaban J connectivity index is 1.52. The van der Waals surface area contributed by atoms with Crippen LogP contribution in [0.15, 0.2) is 42.5 Å². The van der Waals surface area contributed by atoms with Gasteiger partial charge in [-0.2, -0.15) is 0 Å². The molecule has 188 valence electrons. The lowest BCUT2D eigenvalue weighted by atomic mass is 9.89. The molecule has 0 atom stereocenters. The van der Waals surface area contributed by atoms with E-state index in [2.05, 4.69) is 15.5 Å². The van der Waals surface area contributed by atoms with E-state index in [9.17, 15) is 13.6 Å². The summed E-state index contributed by atoms with van der Waals surface area (Å²) in [5.41, 5.74) is 3.21. The Hall–Kier alpha value is -2.94. The van der Waals surface area contributed by atoms with E-state index >= 15 is 0 Å². The van der Waals surface area contributed by atoms with Crippen molar-refractivity contribution in [2.75, 3.05) is 24.3 Å². The lowest BCUT2D eigenvalue weighted by Gasteiger charge is -2.26. The van der Waals surface area contributed by atoms with Crippen LogP contribution in [0.5, 0.6) is 11.5 Å². The van der Waals surface area contributed by atoms with Gasteiger partial charge in [0.15, 0.2) is 10.9 Å². The van der Waals surface area contributed by atoms with E-state index in [0.717, 1.165) is 49.4 Å². The molecular weight excluding hydrogens is 527 g/mol. The van der Waals surface area contributed by atoms with Crippen molar-refractivity contribution in [1.29, 1.82) is 0 Å². The molecule has 1 aliphatic carbocycles. The van der Waals surface area contributed by atoms with Crippen LogP contribution in [0, 0.1) is 11.6 Å². The van der Waals surface area contributed by atoms with Crippen LogP contribution in [-0.2, 0) is 12.8 Å². The van der Waals surface area contributed by atoms with Crippen molar-refractivity contribution in [1.82, 2.24) is 5.32 Å². The van der Waals surface area contributed by atoms with Gasteiger partial charge in [-0.25, -0.2) is 8.78 Å². The number of nitrogens with one attached hydrogen (secondary N) is 2. The summed E-state index contributed by atoms with van der Waals surface area (Å²) in [5, 5.41) is 5.26. The summed E-state index contributed by atoms with van der Waals surface area (Å²) in [4.78, 5) is 14.4. The van der Waals surface area contributed by atoms with Gasteiger partial charge in [-0.15, -0.1) is 0 Å². The maximum Gasteiger partial charge on any atom is 0.263 e. The predicted octanol–water partition coefficient (Wildman–Crippen LogP) is 7.14. The Kier molecular flexibility index (Phi) is 7.97. The number of ether oxygens (including phenoxy) is 1. The largest absolute Gasteiger partial charge is 0.454 e. The Bertz CT molecular complexity index is 1310. The number of anilines is 2. The first kappa shape index (κ1) is 26.1. The molecule has 1 amide bonds. The molecule has 0 unspecified atom stereocenters. The fraction of sp³-hybridized carbons (Fsp3) is 0.231. The molecule has 2 N–H and O–H groups in total. The lowest BCUT2D eigenvalue weighted by molar-refractivity contribution is 0.0969. The first-order valence-corrected chi connectivity index (χ1v) is 12.4. The third-order valence-corrected chi connectivity index (χ3v) is 6.60. The standard InChI is InChI=1S/C26H23Cl2F2N3O2S/c1-33(2)21-10-11-22(16-7-4-3-6-15(16)21)35-24-17(27)12-14(13-18(24)28)31-26(36)32-25(34)23-19(29)8-5-9-20(23)30/h5,8-13H,3-4,6-7H2,1-2H3,(H2,31,32,34,36). The summed E-state index contributed by atoms with van der Waals surface area (Å²) < 4.78 is 33.9. The summed E-state index contributed by atoms with van der Waals surface area (Å²) in [6.45, 7) is 0. The van der Waals surface area contributed by atoms with Crippen molar-refractivity contribution in [3.05, 3.63) is 80.8 Å². The van der Waals surface area contributed by atoms with Crippen molar-refractivity contribution in [2.24, 2.45) is 0 Å². The van der Waals surface area contributed by atoms with Crippen molar-refractivity contribution < 1.29 is 18.3 Å². The van der Waals surface area contributed by atoms with Crippen LogP contribution in [0.2, 0.25) is 10.0 Å². The molecule has 0 aliphatic heterocycles. The van der Waals surface area contributed by atoms with E-state index < -0.39 is 23.1 Å². The van der Waals surface area contributed by atoms with Gasteiger partial charge in [-0.05, 0) is 79.9 Å². The molecule has 0 saturated carbocycles. The number of halogens is 4. The quantitative estimate of drug-likeness (QED) is 0.331. The molecular formula is C26H23Cl2F2N3O2S. The maximum absolute atomic E-state index is 13.9. The van der Waals surface area contributed by atoms with E-state index in [1.165, 1.54) is 23.4 Å². The molecule has 1 aliphatic rings. The van der Waals surface area contributed by atoms with Crippen molar-refractivity contribution in [3.8, 4) is 11.5 Å². The summed E-state index contributed by atoms with van der Waals surface area (Å²) in [7, 11) is 4.04. The fourth-order valence-electron chi connectivity index (χ4n) is 4.21. The first-order valence-electron chi connectivity index (χ1n) is 11.2. The smallest absolute Gasteiger partial charge is 0.263 e. The van der Waals surface area contributed by atoms with Gasteiger partial charge >= 0.3 is 0 Å². The lowest BCUT2D eigenvalue weighted by Crippen LogP contribution is -2.35. The molecule has 36 heavy (non-hydrogen) atoms. The van der Waals surface area contributed by atoms with Gasteiger partial charge in [0.05, 0.1) is 10.0 Å². The van der Waals surface area contributed by atoms with Crippen molar-refractivity contribution in [3.63, 3.8) is 0 Å². The highest BCUT2D eigenvalue weighted by atomic mass is 35.5. The second-order valence-corrected chi connectivity index (χ2v) is 9.74. The minimum absolute atomic E-state index is 0.184. The number of benzene rings is 3. The minimum Gasteiger partial charge on any atom is -0.454 e. The number of hydrogen-bond donors (Lipinski definition) is 2. The van der Waals surface area contributed by atoms with Gasteiger partial charge in [0.1, 0.15) is 22.9 Å². The summed E-state index contributed by atoms with van der Waals surface area (Å²) in [6, 6.07) is 10.1. The Morgan fingerprint density at radius 3 is 2.22 bits per heavy atom. The van der Waals surface area contributed by atoms with E-state index in [1.807, 2.05) is 26.2 Å². The van der Waals surface area contributed by atoms with Crippen LogP contribution in [-0.4, -0.2) is 25.1 Å². The van der Waals surface area contributed by atoms with Crippen LogP contribution in [0.1, 0.15) is 34.3 Å². The zero-order valence-electron chi connectivity index (χ0n) is 19.6. The topological polar surface area (TPSA) is 53.6 Å². The molecule has 0 saturated heterocycles. The number of thiocarbonyl (C=S) groups is 1. The summed E-state index contributed by atoms with van der Waals surface area (Å²) >= 11 is 18.1. The highest BCUT2D eigenvalue weighted by molar-refractivity contribution is 7.80. The highest BCUT2D eigenvalue weighted by Crippen LogP contribution is 2.43. The molecule has 0 spiro atoms. The van der Waals surface area contributed by atoms with Gasteiger partial charge in [-0.1, -0.05) is 29.3 Å². The number of amides is 1. The normalized spacial score (nSPS) is 12.5. The van der Waals surface area contributed by atoms with Gasteiger partial charge in [0.25, 0.3) is 5.91 Å². The molecule has 4 rings (SSSR count). The van der Waals surface area contributed by atoms with Gasteiger partial charge < -0.3 is 15.0 Å². The highest BCUT2D eigenvalue weighted by Gasteiger charge is 2.22. The Morgan fingerprint density at radius 2 is 1.61 bits per heavy atom. The second kappa shape index (κ2) is 11.0. The molecule has 10 heteroatoms. The third-order valence-electron chi connectivity index (χ3n) is 5.83. The molecule has 3 aromatic rings. The van der Waals surface area contributed by atoms with Crippen LogP contribution in [0.3, 0.4) is 0 Å². The number of hydrogen-bond acceptors (Lipinski definition) is 4. The van der Waals surface area contributed by atoms with Crippen LogP contribution in [0.25, 0.3) is 0 Å². The number of carbonyl (C=O) groups excluding carboxylic acids is 1. The number of rotatable bonds is 5. The van der Waals surface area contributed by atoms with Crippen molar-refractivity contribution >= 4 is 57.8 Å². The molecule has 3 aromatic carbocycles. The molecule has 5 nitrogen and oxygen atoms in total.